The van der Waals surface area contributed by atoms with Crippen molar-refractivity contribution in [2.45, 2.75) is 0 Å². The zero-order valence-electron chi connectivity index (χ0n) is 2.26. The van der Waals surface area contributed by atoms with Gasteiger partial charge in [-0.2, -0.15) is 0 Å². The fourth-order valence-corrected chi connectivity index (χ4v) is 0. The van der Waals surface area contributed by atoms with Gasteiger partial charge >= 0.3 is 60.6 Å². The van der Waals surface area contributed by atoms with E-state index >= 15 is 0 Å². The van der Waals surface area contributed by atoms with E-state index in [1.165, 1.54) is 0 Å². The summed E-state index contributed by atoms with van der Waals surface area (Å²) in [6.45, 7) is 0. The third-order valence-corrected chi connectivity index (χ3v) is 0. The molecule has 0 saturated carbocycles. The Labute approximate surface area is 65.3 Å². The van der Waals surface area contributed by atoms with Crippen molar-refractivity contribution in [3.05, 3.63) is 0 Å². The molecule has 0 amide bonds. The summed E-state index contributed by atoms with van der Waals surface area (Å²) in [4.78, 5) is 0. The fraction of sp³-hybridized carbons (Fsp3) is 0. The van der Waals surface area contributed by atoms with Crippen molar-refractivity contribution in [2.75, 3.05) is 0 Å². The molecular weight excluding hydrogens is 324 g/mol. The van der Waals surface area contributed by atoms with E-state index < -0.39 is 0 Å². The van der Waals surface area contributed by atoms with Crippen molar-refractivity contribution in [1.29, 1.82) is 0 Å². The van der Waals surface area contributed by atoms with Gasteiger partial charge in [0, 0.05) is 0 Å². The molecule has 2 N–H and O–H groups in total. The van der Waals surface area contributed by atoms with Gasteiger partial charge in [-0.3, -0.25) is 0 Å². The fourth-order valence-electron chi connectivity index (χ4n) is 0. The second kappa shape index (κ2) is 35.5. The monoisotopic (exact) mass is 328 g/mol. The van der Waals surface area contributed by atoms with Gasteiger partial charge in [0.25, 0.3) is 0 Å². The van der Waals surface area contributed by atoms with Crippen LogP contribution in [-0.2, 0) is 0 Å². The van der Waals surface area contributed by atoms with Crippen LogP contribution in [0.25, 0.3) is 0 Å². The van der Waals surface area contributed by atoms with E-state index in [9.17, 15) is 0 Å². The quantitative estimate of drug-likeness (QED) is 0.552. The van der Waals surface area contributed by atoms with E-state index in [0.29, 0.717) is 0 Å². The van der Waals surface area contributed by atoms with Crippen molar-refractivity contribution in [3.8, 4) is 0 Å². The van der Waals surface area contributed by atoms with E-state index in [-0.39, 0.29) is 5.48 Å². The molecule has 0 bridgehead atoms. The van der Waals surface area contributed by atoms with Crippen molar-refractivity contribution in [2.24, 2.45) is 0 Å². The molecule has 0 heterocycles. The van der Waals surface area contributed by atoms with Gasteiger partial charge in [-0.25, -0.2) is 0 Å². The average molecular weight is 326 g/mol. The average Bonchev–Trinajstić information content (AvgIpc) is 1.50. The molecule has 0 aromatic heterocycles. The number of hydrogen-bond acceptors (Lipinski definition) is 0. The summed E-state index contributed by atoms with van der Waals surface area (Å²) in [6.07, 6.45) is 0. The molecule has 30 valence electrons. The first-order valence-corrected chi connectivity index (χ1v) is 7.61. The van der Waals surface area contributed by atoms with Crippen molar-refractivity contribution < 1.29 is 5.48 Å². The molecule has 5 heavy (non-hydrogen) atoms. The molecule has 1 nitrogen and oxygen atoms in total. The Balaban J connectivity index is -0.0000000133. The van der Waals surface area contributed by atoms with Gasteiger partial charge in [-0.05, 0) is 0 Å². The van der Waals surface area contributed by atoms with E-state index in [1.807, 2.05) is 0 Å². The molecule has 0 atom stereocenters. The molecule has 0 aromatic rings. The molecule has 0 fully saturated rings. The van der Waals surface area contributed by atoms with Crippen LogP contribution >= 0.6 is 17.8 Å². The van der Waals surface area contributed by atoms with Crippen LogP contribution in [0.4, 0.5) is 0 Å². The summed E-state index contributed by atoms with van der Waals surface area (Å²) in [6, 6.07) is 0. The van der Waals surface area contributed by atoms with Crippen molar-refractivity contribution in [1.82, 2.24) is 0 Å². The molecule has 0 aliphatic rings. The Kier molecular flexibility index (Phi) is 111. The van der Waals surface area contributed by atoms with Crippen LogP contribution < -0.4 is 0 Å². The molecule has 6 radical (unpaired) electrons. The minimum absolute atomic E-state index is 0. The van der Waals surface area contributed by atoms with E-state index in [4.69, 9.17) is 17.8 Å². The second-order valence-corrected chi connectivity index (χ2v) is 0. The van der Waals surface area contributed by atoms with E-state index in [2.05, 4.69) is 0 Å². The first-order chi connectivity index (χ1) is 2.00. The molecule has 0 spiro atoms. The first kappa shape index (κ1) is 15.7. The molecular formula is H2Cl2OSn2. The molecule has 0 aromatic carbocycles. The Hall–Kier alpha value is 2.14. The molecule has 5 heteroatoms. The van der Waals surface area contributed by atoms with E-state index in [1.54, 1.807) is 0 Å². The Morgan fingerprint density at radius 2 is 0.800 bits per heavy atom. The zero-order valence-corrected chi connectivity index (χ0v) is 9.48. The minimum atomic E-state index is 0. The third-order valence-electron chi connectivity index (χ3n) is 0. The van der Waals surface area contributed by atoms with Crippen LogP contribution in [0, 0.1) is 0 Å². The molecule has 0 unspecified atom stereocenters. The molecule has 0 aliphatic heterocycles. The summed E-state index contributed by atoms with van der Waals surface area (Å²) >= 11 is 2.04. The van der Waals surface area contributed by atoms with Gasteiger partial charge in [0.2, 0.25) is 0 Å². The van der Waals surface area contributed by atoms with Crippen molar-refractivity contribution >= 4 is 60.6 Å². The van der Waals surface area contributed by atoms with Crippen molar-refractivity contribution in [3.63, 3.8) is 0 Å². The number of rotatable bonds is 0. The van der Waals surface area contributed by atoms with Gasteiger partial charge in [0.15, 0.2) is 0 Å². The summed E-state index contributed by atoms with van der Waals surface area (Å²) in [5.41, 5.74) is 0. The maximum absolute atomic E-state index is 4.73. The SMILES string of the molecule is O.[Cl][Sn].[Cl][Sn]. The van der Waals surface area contributed by atoms with Gasteiger partial charge in [-0.1, -0.05) is 0 Å². The van der Waals surface area contributed by atoms with Crippen LogP contribution in [0.1, 0.15) is 0 Å². The van der Waals surface area contributed by atoms with Crippen LogP contribution in [0.15, 0.2) is 0 Å². The predicted molar refractivity (Wildman–Crippen MR) is 26.8 cm³/mol. The van der Waals surface area contributed by atoms with Gasteiger partial charge in [-0.15, -0.1) is 0 Å². The van der Waals surface area contributed by atoms with Crippen LogP contribution in [0.3, 0.4) is 0 Å². The molecule has 0 rings (SSSR count). The van der Waals surface area contributed by atoms with Crippen LogP contribution in [-0.4, -0.2) is 48.3 Å². The predicted octanol–water partition coefficient (Wildman–Crippen LogP) is -0.207. The normalized spacial score (nSPS) is 2.40. The zero-order chi connectivity index (χ0) is 4.00. The second-order valence-electron chi connectivity index (χ2n) is 0. The summed E-state index contributed by atoms with van der Waals surface area (Å²) in [5.74, 6) is 0. The Bertz CT molecular complexity index is 7.61. The molecule has 0 saturated heterocycles. The summed E-state index contributed by atoms with van der Waals surface area (Å²) in [5, 5.41) is 0. The van der Waals surface area contributed by atoms with Gasteiger partial charge in [0.05, 0.1) is 0 Å². The number of hydrogen-bond donors (Lipinski definition) is 0. The Morgan fingerprint density at radius 3 is 0.800 bits per heavy atom. The van der Waals surface area contributed by atoms with Gasteiger partial charge in [0.1, 0.15) is 0 Å². The summed E-state index contributed by atoms with van der Waals surface area (Å²) < 4.78 is 0. The Morgan fingerprint density at radius 1 is 0.800 bits per heavy atom. The van der Waals surface area contributed by atoms with E-state index in [0.717, 1.165) is 42.8 Å². The number of halogens is 2. The standard InChI is InChI=1S/2ClH.H2O.2Sn/h2*1H;1H2;;/q;;;2*+1/p-2. The third kappa shape index (κ3) is 23.0. The first-order valence-electron chi connectivity index (χ1n) is 0.378. The van der Waals surface area contributed by atoms with Gasteiger partial charge < -0.3 is 5.48 Å². The van der Waals surface area contributed by atoms with Crippen LogP contribution in [0.5, 0.6) is 0 Å². The maximum atomic E-state index is 4.73. The molecule has 0 aliphatic carbocycles. The topological polar surface area (TPSA) is 31.5 Å². The van der Waals surface area contributed by atoms with Crippen LogP contribution in [0.2, 0.25) is 0 Å². The summed E-state index contributed by atoms with van der Waals surface area (Å²) in [7, 11) is 9.46.